The smallest absolute Gasteiger partial charge is 0.222 e. The van der Waals surface area contributed by atoms with Gasteiger partial charge in [-0.05, 0) is 31.9 Å². The zero-order valence-corrected chi connectivity index (χ0v) is 15.1. The minimum Gasteiger partial charge on any atom is -0.351 e. The summed E-state index contributed by atoms with van der Waals surface area (Å²) in [6.45, 7) is 3.41. The molecule has 5 nitrogen and oxygen atoms in total. The first-order valence-electron chi connectivity index (χ1n) is 9.44. The molecule has 1 N–H and O–H groups in total. The molecular weight excluding hydrogens is 314 g/mol. The molecule has 2 aliphatic rings. The number of hydrogen-bond acceptors (Lipinski definition) is 3. The molecule has 3 rings (SSSR count). The SMILES string of the molecule is CN1C[C@H](NC(=O)CCCN2CCCCC2=O)[C@@H](c2ccccc2)C1. The van der Waals surface area contributed by atoms with E-state index in [1.165, 1.54) is 5.56 Å². The van der Waals surface area contributed by atoms with Crippen molar-refractivity contribution in [3.05, 3.63) is 35.9 Å². The van der Waals surface area contributed by atoms with Crippen LogP contribution in [0.1, 0.15) is 43.6 Å². The Morgan fingerprint density at radius 2 is 2.00 bits per heavy atom. The summed E-state index contributed by atoms with van der Waals surface area (Å²) in [7, 11) is 2.10. The highest BCUT2D eigenvalue weighted by Crippen LogP contribution is 2.26. The van der Waals surface area contributed by atoms with E-state index in [1.807, 2.05) is 11.0 Å². The Kier molecular flexibility index (Phi) is 6.08. The molecule has 25 heavy (non-hydrogen) atoms. The second-order valence-electron chi connectivity index (χ2n) is 7.35. The van der Waals surface area contributed by atoms with Crippen molar-refractivity contribution in [2.75, 3.05) is 33.2 Å². The van der Waals surface area contributed by atoms with Gasteiger partial charge in [-0.25, -0.2) is 0 Å². The third-order valence-electron chi connectivity index (χ3n) is 5.33. The zero-order valence-electron chi connectivity index (χ0n) is 15.1. The van der Waals surface area contributed by atoms with Crippen LogP contribution in [0.5, 0.6) is 0 Å². The van der Waals surface area contributed by atoms with Crippen molar-refractivity contribution in [3.63, 3.8) is 0 Å². The molecule has 0 bridgehead atoms. The lowest BCUT2D eigenvalue weighted by Gasteiger charge is -2.26. The summed E-state index contributed by atoms with van der Waals surface area (Å²) in [6, 6.07) is 10.6. The monoisotopic (exact) mass is 343 g/mol. The van der Waals surface area contributed by atoms with Gasteiger partial charge in [0.15, 0.2) is 0 Å². The van der Waals surface area contributed by atoms with Crippen LogP contribution in [0.25, 0.3) is 0 Å². The van der Waals surface area contributed by atoms with Crippen LogP contribution in [0.3, 0.4) is 0 Å². The number of nitrogens with one attached hydrogen (secondary N) is 1. The van der Waals surface area contributed by atoms with Crippen LogP contribution >= 0.6 is 0 Å². The lowest BCUT2D eigenvalue weighted by atomic mass is 9.94. The lowest BCUT2D eigenvalue weighted by Crippen LogP contribution is -2.40. The number of nitrogens with zero attached hydrogens (tertiary/aromatic N) is 2. The van der Waals surface area contributed by atoms with Crippen LogP contribution in [0.15, 0.2) is 30.3 Å². The Labute approximate surface area is 150 Å². The molecule has 2 atom stereocenters. The predicted octanol–water partition coefficient (Wildman–Crippen LogP) is 1.99. The normalized spacial score (nSPS) is 24.5. The number of likely N-dealkylation sites (N-methyl/N-ethyl adjacent to an activating group) is 1. The van der Waals surface area contributed by atoms with Gasteiger partial charge in [0.2, 0.25) is 11.8 Å². The quantitative estimate of drug-likeness (QED) is 0.859. The second kappa shape index (κ2) is 8.48. The standard InChI is InChI=1S/C20H29N3O2/c1-22-14-17(16-8-3-2-4-9-16)18(15-22)21-19(24)10-7-13-23-12-6-5-11-20(23)25/h2-4,8-9,17-18H,5-7,10-15H2,1H3,(H,21,24)/t17-,18+/m1/s1. The molecule has 136 valence electrons. The van der Waals surface area contributed by atoms with Gasteiger partial charge in [-0.15, -0.1) is 0 Å². The van der Waals surface area contributed by atoms with Crippen LogP contribution in [0, 0.1) is 0 Å². The van der Waals surface area contributed by atoms with Crippen LogP contribution in [-0.4, -0.2) is 60.9 Å². The molecule has 0 spiro atoms. The molecule has 2 aliphatic heterocycles. The van der Waals surface area contributed by atoms with E-state index in [4.69, 9.17) is 0 Å². The van der Waals surface area contributed by atoms with Gasteiger partial charge < -0.3 is 15.1 Å². The van der Waals surface area contributed by atoms with E-state index in [2.05, 4.69) is 41.5 Å². The second-order valence-corrected chi connectivity index (χ2v) is 7.35. The van der Waals surface area contributed by atoms with Gasteiger partial charge in [0.1, 0.15) is 0 Å². The molecule has 2 heterocycles. The maximum atomic E-state index is 12.4. The van der Waals surface area contributed by atoms with Crippen LogP contribution in [0.2, 0.25) is 0 Å². The summed E-state index contributed by atoms with van der Waals surface area (Å²) in [5.41, 5.74) is 1.29. The molecule has 0 aromatic heterocycles. The van der Waals surface area contributed by atoms with Crippen molar-refractivity contribution < 1.29 is 9.59 Å². The fraction of sp³-hybridized carbons (Fsp3) is 0.600. The van der Waals surface area contributed by atoms with Crippen molar-refractivity contribution in [2.24, 2.45) is 0 Å². The molecule has 2 amide bonds. The van der Waals surface area contributed by atoms with Crippen molar-refractivity contribution in [1.29, 1.82) is 0 Å². The summed E-state index contributed by atoms with van der Waals surface area (Å²) in [6.07, 6.45) is 4.00. The highest BCUT2D eigenvalue weighted by Gasteiger charge is 2.32. The van der Waals surface area contributed by atoms with Crippen LogP contribution in [0.4, 0.5) is 0 Å². The van der Waals surface area contributed by atoms with Gasteiger partial charge in [-0.2, -0.15) is 0 Å². The molecular formula is C20H29N3O2. The topological polar surface area (TPSA) is 52.7 Å². The average molecular weight is 343 g/mol. The largest absolute Gasteiger partial charge is 0.351 e. The van der Waals surface area contributed by atoms with Crippen molar-refractivity contribution in [3.8, 4) is 0 Å². The molecule has 0 radical (unpaired) electrons. The molecule has 5 heteroatoms. The van der Waals surface area contributed by atoms with Crippen molar-refractivity contribution in [2.45, 2.75) is 44.1 Å². The molecule has 1 aromatic rings. The summed E-state index contributed by atoms with van der Waals surface area (Å²) in [4.78, 5) is 28.4. The van der Waals surface area contributed by atoms with Gasteiger partial charge in [-0.3, -0.25) is 9.59 Å². The predicted molar refractivity (Wildman–Crippen MR) is 98.3 cm³/mol. The minimum absolute atomic E-state index is 0.102. The Hall–Kier alpha value is -1.88. The number of benzene rings is 1. The summed E-state index contributed by atoms with van der Waals surface area (Å²) in [5, 5.41) is 3.22. The number of likely N-dealkylation sites (tertiary alicyclic amines) is 2. The van der Waals surface area contributed by atoms with E-state index < -0.39 is 0 Å². The number of piperidine rings is 1. The summed E-state index contributed by atoms with van der Waals surface area (Å²) >= 11 is 0. The molecule has 0 unspecified atom stereocenters. The molecule has 1 aromatic carbocycles. The Balaban J connectivity index is 1.47. The highest BCUT2D eigenvalue weighted by atomic mass is 16.2. The Morgan fingerprint density at radius 1 is 1.20 bits per heavy atom. The number of rotatable bonds is 6. The minimum atomic E-state index is 0.102. The highest BCUT2D eigenvalue weighted by molar-refractivity contribution is 5.78. The zero-order chi connectivity index (χ0) is 17.6. The van der Waals surface area contributed by atoms with Gasteiger partial charge in [-0.1, -0.05) is 30.3 Å². The van der Waals surface area contributed by atoms with Crippen molar-refractivity contribution in [1.82, 2.24) is 15.1 Å². The fourth-order valence-electron chi connectivity index (χ4n) is 3.99. The first kappa shape index (κ1) is 17.9. The first-order chi connectivity index (χ1) is 12.1. The maximum absolute atomic E-state index is 12.4. The summed E-state index contributed by atoms with van der Waals surface area (Å²) in [5.74, 6) is 0.692. The lowest BCUT2D eigenvalue weighted by molar-refractivity contribution is -0.133. The van der Waals surface area contributed by atoms with Crippen molar-refractivity contribution >= 4 is 11.8 Å². The van der Waals surface area contributed by atoms with E-state index in [-0.39, 0.29) is 17.9 Å². The van der Waals surface area contributed by atoms with Gasteiger partial charge in [0.25, 0.3) is 0 Å². The maximum Gasteiger partial charge on any atom is 0.222 e. The van der Waals surface area contributed by atoms with Crippen LogP contribution in [-0.2, 0) is 9.59 Å². The van der Waals surface area contributed by atoms with E-state index in [0.717, 1.165) is 38.9 Å². The summed E-state index contributed by atoms with van der Waals surface area (Å²) < 4.78 is 0. The average Bonchev–Trinajstić information content (AvgIpc) is 2.97. The molecule has 2 saturated heterocycles. The van der Waals surface area contributed by atoms with Gasteiger partial charge in [0.05, 0.1) is 0 Å². The first-order valence-corrected chi connectivity index (χ1v) is 9.44. The van der Waals surface area contributed by atoms with E-state index in [0.29, 0.717) is 25.3 Å². The molecule has 0 aliphatic carbocycles. The van der Waals surface area contributed by atoms with Gasteiger partial charge >= 0.3 is 0 Å². The number of hydrogen-bond donors (Lipinski definition) is 1. The van der Waals surface area contributed by atoms with E-state index in [1.54, 1.807) is 0 Å². The third kappa shape index (κ3) is 4.82. The third-order valence-corrected chi connectivity index (χ3v) is 5.33. The van der Waals surface area contributed by atoms with Gasteiger partial charge in [0, 0.05) is 51.0 Å². The molecule has 0 saturated carbocycles. The number of carbonyl (C=O) groups is 2. The van der Waals surface area contributed by atoms with E-state index in [9.17, 15) is 9.59 Å². The molecule has 2 fully saturated rings. The Bertz CT molecular complexity index is 590. The Morgan fingerprint density at radius 3 is 2.76 bits per heavy atom. The number of carbonyl (C=O) groups excluding carboxylic acids is 2. The fourth-order valence-corrected chi connectivity index (χ4v) is 3.99. The van der Waals surface area contributed by atoms with Crippen LogP contribution < -0.4 is 5.32 Å². The number of amides is 2. The van der Waals surface area contributed by atoms with E-state index >= 15 is 0 Å².